The average Bonchev–Trinajstić information content (AvgIpc) is 2.97. The zero-order chi connectivity index (χ0) is 17.7. The maximum atomic E-state index is 12.8. The Bertz CT molecular complexity index is 440. The standard InChI is InChI=1S/C19H35NO3/c1-11(2)18(22,12(3)4)15-9-10-16-19(13(5)6,14(7)8)23-17(21)20(15)16/h11-16,22H,9-10H2,1-8H3/t15-,16+/m1/s1. The van der Waals surface area contributed by atoms with Gasteiger partial charge >= 0.3 is 6.09 Å². The second-order valence-electron chi connectivity index (χ2n) is 8.74. The molecule has 2 aliphatic heterocycles. The Morgan fingerprint density at radius 1 is 1.04 bits per heavy atom. The van der Waals surface area contributed by atoms with E-state index in [0.717, 1.165) is 12.8 Å². The molecule has 1 N–H and O–H groups in total. The predicted octanol–water partition coefficient (Wildman–Crippen LogP) is 4.06. The minimum absolute atomic E-state index is 0.0732. The first-order valence-electron chi connectivity index (χ1n) is 9.24. The molecule has 2 heterocycles. The number of rotatable bonds is 5. The Morgan fingerprint density at radius 3 is 1.91 bits per heavy atom. The van der Waals surface area contributed by atoms with Crippen molar-refractivity contribution in [2.24, 2.45) is 23.7 Å². The normalized spacial score (nSPS) is 27.5. The number of hydrogen-bond acceptors (Lipinski definition) is 3. The van der Waals surface area contributed by atoms with Crippen LogP contribution in [0.3, 0.4) is 0 Å². The van der Waals surface area contributed by atoms with E-state index in [1.165, 1.54) is 0 Å². The van der Waals surface area contributed by atoms with Crippen molar-refractivity contribution in [1.82, 2.24) is 4.90 Å². The molecule has 2 atom stereocenters. The van der Waals surface area contributed by atoms with Gasteiger partial charge < -0.3 is 9.84 Å². The van der Waals surface area contributed by atoms with Gasteiger partial charge in [-0.15, -0.1) is 0 Å². The van der Waals surface area contributed by atoms with Crippen molar-refractivity contribution in [3.8, 4) is 0 Å². The first-order chi connectivity index (χ1) is 10.5. The van der Waals surface area contributed by atoms with Crippen molar-refractivity contribution in [1.29, 1.82) is 0 Å². The summed E-state index contributed by atoms with van der Waals surface area (Å²) in [5, 5.41) is 11.4. The lowest BCUT2D eigenvalue weighted by atomic mass is 9.74. The SMILES string of the molecule is CC(C)C(O)(C(C)C)[C@H]1CC[C@@H]2N1C(=O)OC2(C(C)C)C(C)C. The Labute approximate surface area is 141 Å². The Morgan fingerprint density at radius 2 is 1.52 bits per heavy atom. The van der Waals surface area contributed by atoms with Gasteiger partial charge in [-0.25, -0.2) is 4.79 Å². The second-order valence-corrected chi connectivity index (χ2v) is 8.74. The number of aliphatic hydroxyl groups is 1. The molecule has 2 aliphatic rings. The van der Waals surface area contributed by atoms with Crippen molar-refractivity contribution in [3.63, 3.8) is 0 Å². The molecule has 0 aliphatic carbocycles. The lowest BCUT2D eigenvalue weighted by molar-refractivity contribution is -0.0970. The van der Waals surface area contributed by atoms with Crippen LogP contribution in [0.2, 0.25) is 0 Å². The van der Waals surface area contributed by atoms with Gasteiger partial charge in [0.1, 0.15) is 5.60 Å². The molecular formula is C19H35NO3. The summed E-state index contributed by atoms with van der Waals surface area (Å²) in [5.41, 5.74) is -1.32. The molecule has 2 rings (SSSR count). The smallest absolute Gasteiger partial charge is 0.411 e. The van der Waals surface area contributed by atoms with Gasteiger partial charge in [-0.3, -0.25) is 4.90 Å². The number of ether oxygens (including phenoxy) is 1. The fourth-order valence-electron chi connectivity index (χ4n) is 5.34. The molecule has 0 radical (unpaired) electrons. The molecule has 0 saturated carbocycles. The second kappa shape index (κ2) is 5.94. The van der Waals surface area contributed by atoms with E-state index in [2.05, 4.69) is 27.7 Å². The van der Waals surface area contributed by atoms with E-state index in [1.54, 1.807) is 0 Å². The Kier molecular flexibility index (Phi) is 4.80. The molecule has 23 heavy (non-hydrogen) atoms. The zero-order valence-electron chi connectivity index (χ0n) is 16.1. The molecule has 0 spiro atoms. The minimum atomic E-state index is -0.877. The number of carbonyl (C=O) groups excluding carboxylic acids is 1. The van der Waals surface area contributed by atoms with Gasteiger partial charge in [0.05, 0.1) is 17.7 Å². The molecule has 0 unspecified atom stereocenters. The van der Waals surface area contributed by atoms with E-state index in [1.807, 2.05) is 32.6 Å². The largest absolute Gasteiger partial charge is 0.440 e. The van der Waals surface area contributed by atoms with Gasteiger partial charge in [0.2, 0.25) is 0 Å². The number of fused-ring (bicyclic) bond motifs is 1. The van der Waals surface area contributed by atoms with Crippen LogP contribution in [0.5, 0.6) is 0 Å². The van der Waals surface area contributed by atoms with Crippen LogP contribution in [0.25, 0.3) is 0 Å². The minimum Gasteiger partial charge on any atom is -0.440 e. The van der Waals surface area contributed by atoms with Crippen LogP contribution in [0.15, 0.2) is 0 Å². The summed E-state index contributed by atoms with van der Waals surface area (Å²) in [7, 11) is 0. The van der Waals surface area contributed by atoms with Crippen molar-refractivity contribution in [3.05, 3.63) is 0 Å². The molecule has 2 fully saturated rings. The van der Waals surface area contributed by atoms with Gasteiger partial charge in [-0.1, -0.05) is 55.4 Å². The number of nitrogens with zero attached hydrogens (tertiary/aromatic N) is 1. The first kappa shape index (κ1) is 18.6. The molecule has 0 bridgehead atoms. The molecule has 0 aromatic rings. The van der Waals surface area contributed by atoms with Crippen LogP contribution >= 0.6 is 0 Å². The summed E-state index contributed by atoms with van der Waals surface area (Å²) in [5.74, 6) is 0.692. The Hall–Kier alpha value is -0.770. The highest BCUT2D eigenvalue weighted by molar-refractivity contribution is 5.73. The van der Waals surface area contributed by atoms with Gasteiger partial charge in [-0.05, 0) is 36.5 Å². The van der Waals surface area contributed by atoms with Crippen LogP contribution in [0.4, 0.5) is 4.79 Å². The monoisotopic (exact) mass is 325 g/mol. The summed E-state index contributed by atoms with van der Waals surface area (Å²) >= 11 is 0. The van der Waals surface area contributed by atoms with E-state index < -0.39 is 11.2 Å². The molecule has 0 aromatic carbocycles. The summed E-state index contributed by atoms with van der Waals surface area (Å²) in [4.78, 5) is 14.7. The van der Waals surface area contributed by atoms with Gasteiger partial charge in [0.15, 0.2) is 0 Å². The molecule has 4 nitrogen and oxygen atoms in total. The molecule has 134 valence electrons. The third-order valence-electron chi connectivity index (χ3n) is 6.57. The van der Waals surface area contributed by atoms with E-state index in [9.17, 15) is 9.90 Å². The van der Waals surface area contributed by atoms with Crippen molar-refractivity contribution in [2.75, 3.05) is 0 Å². The summed E-state index contributed by atoms with van der Waals surface area (Å²) in [6.07, 6.45) is 1.53. The van der Waals surface area contributed by atoms with Crippen LogP contribution < -0.4 is 0 Å². The van der Waals surface area contributed by atoms with Crippen LogP contribution in [0, 0.1) is 23.7 Å². The maximum absolute atomic E-state index is 12.8. The lowest BCUT2D eigenvalue weighted by Gasteiger charge is -2.44. The lowest BCUT2D eigenvalue weighted by Crippen LogP contribution is -2.59. The van der Waals surface area contributed by atoms with Crippen molar-refractivity contribution in [2.45, 2.75) is 91.5 Å². The number of carbonyl (C=O) groups is 1. The maximum Gasteiger partial charge on any atom is 0.411 e. The highest BCUT2D eigenvalue weighted by Crippen LogP contribution is 2.51. The molecular weight excluding hydrogens is 290 g/mol. The van der Waals surface area contributed by atoms with Crippen molar-refractivity contribution >= 4 is 6.09 Å². The van der Waals surface area contributed by atoms with Gasteiger partial charge in [0.25, 0.3) is 0 Å². The number of cyclic esters (lactones) is 1. The zero-order valence-corrected chi connectivity index (χ0v) is 16.1. The summed E-state index contributed by atoms with van der Waals surface area (Å²) in [6, 6.07) is -0.0802. The van der Waals surface area contributed by atoms with Gasteiger partial charge in [0, 0.05) is 0 Å². The molecule has 0 aromatic heterocycles. The van der Waals surface area contributed by atoms with E-state index in [0.29, 0.717) is 0 Å². The van der Waals surface area contributed by atoms with Crippen LogP contribution in [-0.4, -0.2) is 39.4 Å². The number of hydrogen-bond donors (Lipinski definition) is 1. The third-order valence-corrected chi connectivity index (χ3v) is 6.57. The van der Waals surface area contributed by atoms with Gasteiger partial charge in [-0.2, -0.15) is 0 Å². The van der Waals surface area contributed by atoms with Crippen molar-refractivity contribution < 1.29 is 14.6 Å². The Balaban J connectivity index is 2.45. The van der Waals surface area contributed by atoms with E-state index in [-0.39, 0.29) is 41.8 Å². The third kappa shape index (κ3) is 2.40. The summed E-state index contributed by atoms with van der Waals surface area (Å²) < 4.78 is 6.00. The van der Waals surface area contributed by atoms with Crippen LogP contribution in [0.1, 0.15) is 68.2 Å². The average molecular weight is 325 g/mol. The highest BCUT2D eigenvalue weighted by Gasteiger charge is 2.64. The topological polar surface area (TPSA) is 49.8 Å². The van der Waals surface area contributed by atoms with E-state index in [4.69, 9.17) is 4.74 Å². The van der Waals surface area contributed by atoms with E-state index >= 15 is 0 Å². The molecule has 2 saturated heterocycles. The summed E-state index contributed by atoms with van der Waals surface area (Å²) in [6.45, 7) is 16.8. The fourth-order valence-corrected chi connectivity index (χ4v) is 5.34. The fraction of sp³-hybridized carbons (Fsp3) is 0.947. The predicted molar refractivity (Wildman–Crippen MR) is 92.2 cm³/mol. The first-order valence-corrected chi connectivity index (χ1v) is 9.24. The quantitative estimate of drug-likeness (QED) is 0.829. The highest BCUT2D eigenvalue weighted by atomic mass is 16.6. The molecule has 4 heteroatoms. The van der Waals surface area contributed by atoms with Crippen LogP contribution in [-0.2, 0) is 4.74 Å². The number of amides is 1. The molecule has 1 amide bonds.